The molecule has 12 nitrogen and oxygen atoms in total. The van der Waals surface area contributed by atoms with Crippen LogP contribution < -0.4 is 27.8 Å². The molecule has 0 aromatic heterocycles. The Morgan fingerprint density at radius 2 is 1.62 bits per heavy atom. The summed E-state index contributed by atoms with van der Waals surface area (Å²) >= 11 is 3.92. The van der Waals surface area contributed by atoms with Gasteiger partial charge in [-0.2, -0.15) is 12.6 Å². The molecule has 0 bridgehead atoms. The highest BCUT2D eigenvalue weighted by Gasteiger charge is 2.28. The lowest BCUT2D eigenvalue weighted by Crippen LogP contribution is -2.55. The Bertz CT molecular complexity index is 553. The third kappa shape index (κ3) is 9.68. The van der Waals surface area contributed by atoms with Crippen LogP contribution in [0.25, 0.3) is 0 Å². The van der Waals surface area contributed by atoms with Crippen molar-refractivity contribution in [2.45, 2.75) is 37.4 Å². The number of hydrogen-bond donors (Lipinski definition) is 8. The molecule has 0 aliphatic rings. The smallest absolute Gasteiger partial charge is 0.326 e. The Morgan fingerprint density at radius 3 is 2.08 bits per heavy atom. The fourth-order valence-corrected chi connectivity index (χ4v) is 2.03. The van der Waals surface area contributed by atoms with E-state index >= 15 is 0 Å². The van der Waals surface area contributed by atoms with Crippen LogP contribution in [0.4, 0.5) is 0 Å². The Labute approximate surface area is 155 Å². The Balaban J connectivity index is 4.63. The normalized spacial score (nSPS) is 13.8. The number of rotatable bonds is 12. The highest BCUT2D eigenvalue weighted by atomic mass is 32.1. The first-order chi connectivity index (χ1) is 12.1. The highest BCUT2D eigenvalue weighted by Crippen LogP contribution is 1.99. The van der Waals surface area contributed by atoms with Crippen molar-refractivity contribution in [1.82, 2.24) is 10.6 Å². The average molecular weight is 392 g/mol. The fraction of sp³-hybridized carbons (Fsp3) is 0.615. The maximum atomic E-state index is 12.0. The van der Waals surface area contributed by atoms with Gasteiger partial charge >= 0.3 is 11.9 Å². The molecule has 0 aromatic rings. The summed E-state index contributed by atoms with van der Waals surface area (Å²) < 4.78 is 0. The van der Waals surface area contributed by atoms with Crippen LogP contribution in [0, 0.1) is 0 Å². The molecule has 26 heavy (non-hydrogen) atoms. The number of aliphatic imine (C=N–C) groups is 1. The lowest BCUT2D eigenvalue weighted by atomic mass is 10.1. The van der Waals surface area contributed by atoms with Crippen LogP contribution in [0.3, 0.4) is 0 Å². The number of nitrogens with one attached hydrogen (secondary N) is 2. The summed E-state index contributed by atoms with van der Waals surface area (Å²) in [7, 11) is 0. The number of carboxylic acids is 2. The van der Waals surface area contributed by atoms with Crippen LogP contribution in [0.1, 0.15) is 19.3 Å². The predicted octanol–water partition coefficient (Wildman–Crippen LogP) is -3.17. The first-order valence-electron chi connectivity index (χ1n) is 7.55. The molecule has 0 aliphatic carbocycles. The third-order valence-corrected chi connectivity index (χ3v) is 3.48. The number of nitrogens with two attached hydrogens (primary N) is 3. The second-order valence-corrected chi connectivity index (χ2v) is 5.66. The van der Waals surface area contributed by atoms with Crippen molar-refractivity contribution in [3.8, 4) is 0 Å². The van der Waals surface area contributed by atoms with Gasteiger partial charge in [-0.25, -0.2) is 4.79 Å². The maximum Gasteiger partial charge on any atom is 0.326 e. The van der Waals surface area contributed by atoms with E-state index in [2.05, 4.69) is 22.9 Å². The van der Waals surface area contributed by atoms with Gasteiger partial charge in [-0.05, 0) is 12.8 Å². The lowest BCUT2D eigenvalue weighted by Gasteiger charge is -2.21. The molecule has 0 spiro atoms. The number of thiol groups is 1. The number of carboxylic acid groups (broad SMARTS) is 2. The molecule has 0 saturated heterocycles. The number of guanidine groups is 1. The summed E-state index contributed by atoms with van der Waals surface area (Å²) in [6.07, 6.45) is -0.122. The second kappa shape index (κ2) is 11.9. The monoisotopic (exact) mass is 392 g/mol. The number of carbonyl (C=O) groups is 4. The molecular weight excluding hydrogens is 368 g/mol. The van der Waals surface area contributed by atoms with E-state index < -0.39 is 48.3 Å². The van der Waals surface area contributed by atoms with Crippen LogP contribution >= 0.6 is 12.6 Å². The van der Waals surface area contributed by atoms with Gasteiger partial charge in [0.05, 0.1) is 12.5 Å². The van der Waals surface area contributed by atoms with E-state index in [1.807, 2.05) is 5.32 Å². The van der Waals surface area contributed by atoms with Crippen molar-refractivity contribution in [2.75, 3.05) is 12.3 Å². The van der Waals surface area contributed by atoms with Crippen LogP contribution in [0.5, 0.6) is 0 Å². The molecule has 13 heteroatoms. The van der Waals surface area contributed by atoms with Crippen molar-refractivity contribution >= 4 is 42.3 Å². The molecule has 0 rings (SSSR count). The standard InChI is InChI=1S/C13H24N6O6S/c14-6(2-1-3-17-13(15)16)10(22)19-8(5-26)11(23)18-7(12(24)25)4-9(20)21/h6-8,26H,1-5,14H2,(H,18,23)(H,19,22)(H,20,21)(H,24,25)(H4,15,16,17)/t6-,7-,8-/m0/s1. The summed E-state index contributed by atoms with van der Waals surface area (Å²) in [6.45, 7) is 0.287. The molecule has 10 N–H and O–H groups in total. The third-order valence-electron chi connectivity index (χ3n) is 3.11. The topological polar surface area (TPSA) is 223 Å². The van der Waals surface area contributed by atoms with Crippen LogP contribution in [-0.4, -0.2) is 70.3 Å². The minimum Gasteiger partial charge on any atom is -0.481 e. The molecule has 0 unspecified atom stereocenters. The summed E-state index contributed by atoms with van der Waals surface area (Å²) in [5, 5.41) is 22.0. The van der Waals surface area contributed by atoms with Crippen LogP contribution in [-0.2, 0) is 19.2 Å². The predicted molar refractivity (Wildman–Crippen MR) is 95.5 cm³/mol. The largest absolute Gasteiger partial charge is 0.481 e. The van der Waals surface area contributed by atoms with Gasteiger partial charge in [0.2, 0.25) is 11.8 Å². The molecular formula is C13H24N6O6S. The van der Waals surface area contributed by atoms with Crippen LogP contribution in [0.2, 0.25) is 0 Å². The molecule has 0 aliphatic heterocycles. The van der Waals surface area contributed by atoms with E-state index in [0.29, 0.717) is 6.42 Å². The first kappa shape index (κ1) is 23.5. The summed E-state index contributed by atoms with van der Waals surface area (Å²) in [5.74, 6) is -4.65. The highest BCUT2D eigenvalue weighted by molar-refractivity contribution is 7.80. The van der Waals surface area contributed by atoms with Gasteiger partial charge < -0.3 is 38.0 Å². The SMILES string of the molecule is NC(N)=NCCC[C@H](N)C(=O)N[C@@H](CS)C(=O)N[C@@H](CC(=O)O)C(=O)O. The van der Waals surface area contributed by atoms with E-state index in [9.17, 15) is 19.2 Å². The van der Waals surface area contributed by atoms with Gasteiger partial charge in [0.1, 0.15) is 12.1 Å². The van der Waals surface area contributed by atoms with Crippen molar-refractivity contribution in [3.63, 3.8) is 0 Å². The van der Waals surface area contributed by atoms with Gasteiger partial charge in [-0.3, -0.25) is 19.4 Å². The maximum absolute atomic E-state index is 12.0. The average Bonchev–Trinajstić information content (AvgIpc) is 2.54. The molecule has 3 atom stereocenters. The minimum atomic E-state index is -1.63. The van der Waals surface area contributed by atoms with Crippen molar-refractivity contribution in [1.29, 1.82) is 0 Å². The second-order valence-electron chi connectivity index (χ2n) is 5.30. The molecule has 2 amide bonds. The van der Waals surface area contributed by atoms with Gasteiger partial charge in [-0.1, -0.05) is 0 Å². The molecule has 148 valence electrons. The molecule has 0 fully saturated rings. The number of amides is 2. The number of carbonyl (C=O) groups excluding carboxylic acids is 2. The fourth-order valence-electron chi connectivity index (χ4n) is 1.77. The van der Waals surface area contributed by atoms with E-state index in [1.165, 1.54) is 0 Å². The van der Waals surface area contributed by atoms with E-state index in [0.717, 1.165) is 0 Å². The number of nitrogens with zero attached hydrogens (tertiary/aromatic N) is 1. The van der Waals surface area contributed by atoms with E-state index in [4.69, 9.17) is 27.4 Å². The van der Waals surface area contributed by atoms with Crippen molar-refractivity contribution < 1.29 is 29.4 Å². The van der Waals surface area contributed by atoms with Gasteiger partial charge in [0, 0.05) is 12.3 Å². The van der Waals surface area contributed by atoms with E-state index in [-0.39, 0.29) is 24.7 Å². The Hall–Kier alpha value is -2.54. The molecule has 0 saturated carbocycles. The molecule has 0 radical (unpaired) electrons. The Morgan fingerprint density at radius 1 is 1.04 bits per heavy atom. The van der Waals surface area contributed by atoms with Gasteiger partial charge in [0.25, 0.3) is 0 Å². The molecule has 0 heterocycles. The quantitative estimate of drug-likeness (QED) is 0.0724. The van der Waals surface area contributed by atoms with Crippen LogP contribution in [0.15, 0.2) is 4.99 Å². The zero-order chi connectivity index (χ0) is 20.3. The zero-order valence-corrected chi connectivity index (χ0v) is 14.8. The van der Waals surface area contributed by atoms with E-state index in [1.54, 1.807) is 0 Å². The zero-order valence-electron chi connectivity index (χ0n) is 13.9. The van der Waals surface area contributed by atoms with Crippen molar-refractivity contribution in [3.05, 3.63) is 0 Å². The van der Waals surface area contributed by atoms with Crippen molar-refractivity contribution in [2.24, 2.45) is 22.2 Å². The summed E-state index contributed by atoms with van der Waals surface area (Å²) in [5.41, 5.74) is 16.0. The number of hydrogen-bond acceptors (Lipinski definition) is 7. The minimum absolute atomic E-state index is 0.0795. The molecule has 0 aromatic carbocycles. The van der Waals surface area contributed by atoms with Gasteiger partial charge in [-0.15, -0.1) is 0 Å². The Kier molecular flexibility index (Phi) is 10.8. The van der Waals surface area contributed by atoms with Gasteiger partial charge in [0.15, 0.2) is 5.96 Å². The first-order valence-corrected chi connectivity index (χ1v) is 8.18. The lowest BCUT2D eigenvalue weighted by molar-refractivity contribution is -0.147. The summed E-state index contributed by atoms with van der Waals surface area (Å²) in [4.78, 5) is 49.4. The summed E-state index contributed by atoms with van der Waals surface area (Å²) in [6, 6.07) is -3.74. The number of aliphatic carboxylic acids is 2.